The third-order valence-corrected chi connectivity index (χ3v) is 15.6. The molecule has 0 bridgehead atoms. The molecule has 240 valence electrons. The van der Waals surface area contributed by atoms with Crippen LogP contribution in [-0.2, 0) is 29.4 Å². The van der Waals surface area contributed by atoms with Gasteiger partial charge in [0.05, 0.1) is 0 Å². The molecule has 0 aliphatic rings. The molecule has 0 heterocycles. The van der Waals surface area contributed by atoms with Crippen molar-refractivity contribution >= 4 is 15.8 Å². The van der Waals surface area contributed by atoms with E-state index in [-0.39, 0.29) is 43.2 Å². The Morgan fingerprint density at radius 2 is 0.907 bits per heavy atom. The molecule has 0 N–H and O–H groups in total. The van der Waals surface area contributed by atoms with E-state index < -0.39 is 0 Å². The van der Waals surface area contributed by atoms with Crippen molar-refractivity contribution in [2.45, 2.75) is 116 Å². The summed E-state index contributed by atoms with van der Waals surface area (Å²) in [7, 11) is -0.517. The quantitative estimate of drug-likeness (QED) is 0.110. The van der Waals surface area contributed by atoms with Crippen LogP contribution in [0.15, 0.2) is 97.1 Å². The fourth-order valence-corrected chi connectivity index (χ4v) is 13.6. The van der Waals surface area contributed by atoms with Gasteiger partial charge < -0.3 is 30.3 Å². The van der Waals surface area contributed by atoms with Gasteiger partial charge in [-0.15, -0.1) is 13.5 Å². The van der Waals surface area contributed by atoms with Crippen molar-refractivity contribution in [1.29, 1.82) is 0 Å². The molecule has 0 unspecified atom stereocenters. The summed E-state index contributed by atoms with van der Waals surface area (Å²) in [4.78, 5) is 0. The second kappa shape index (κ2) is 15.2. The number of hydrogen-bond acceptors (Lipinski definition) is 0. The molecule has 0 aliphatic carbocycles. The molecule has 0 fully saturated rings. The second-order valence-electron chi connectivity index (χ2n) is 15.5. The van der Waals surface area contributed by atoms with Gasteiger partial charge in [0.25, 0.3) is 0 Å². The summed E-state index contributed by atoms with van der Waals surface area (Å²) in [6.07, 6.45) is 2.36. The molecular weight excluding hydrogens is 598 g/mol. The van der Waals surface area contributed by atoms with Crippen molar-refractivity contribution < 1.29 is 17.1 Å². The maximum atomic E-state index is 2.58. The predicted molar refractivity (Wildman–Crippen MR) is 195 cm³/mol. The van der Waals surface area contributed by atoms with Crippen molar-refractivity contribution in [2.75, 3.05) is 0 Å². The zero-order chi connectivity index (χ0) is 31.3. The van der Waals surface area contributed by atoms with Gasteiger partial charge in [0, 0.05) is 17.1 Å². The van der Waals surface area contributed by atoms with Gasteiger partial charge in [0.1, 0.15) is 0 Å². The topological polar surface area (TPSA) is 0 Å². The third-order valence-electron chi connectivity index (χ3n) is 7.86. The van der Waals surface area contributed by atoms with Gasteiger partial charge in [-0.05, 0) is 26.8 Å². The van der Waals surface area contributed by atoms with Gasteiger partial charge in [-0.2, -0.15) is 22.8 Å². The molecule has 0 saturated heterocycles. The monoisotopic (exact) mass is 654 g/mol. The van der Waals surface area contributed by atoms with E-state index in [0.717, 1.165) is 0 Å². The molecule has 3 heteroatoms. The Hall–Kier alpha value is -1.48. The van der Waals surface area contributed by atoms with E-state index in [4.69, 9.17) is 0 Å². The van der Waals surface area contributed by atoms with E-state index in [9.17, 15) is 0 Å². The first-order valence-corrected chi connectivity index (χ1v) is 18.6. The van der Waals surface area contributed by atoms with Crippen LogP contribution < -0.4 is 0 Å². The standard InChI is InChI=1S/C35H51P2.C5H5.Fe/c1-32(2,3)36(33(4,5)6)24-28-23-29(26-19-15-13-16-20-26)31(27-21-17-14-18-22-27)30(28)25-37(34(7,8)9)35(10,11)12;1-2-4-5-3-1;/h13-23H,24-25H2,1-12H3;1-5H;/q-1;-5;. The fourth-order valence-electron chi connectivity index (χ4n) is 6.37. The van der Waals surface area contributed by atoms with Gasteiger partial charge in [0.2, 0.25) is 0 Å². The Morgan fingerprint density at radius 1 is 0.535 bits per heavy atom. The Balaban J connectivity index is 0.000000973. The van der Waals surface area contributed by atoms with Crippen molar-refractivity contribution in [2.24, 2.45) is 0 Å². The van der Waals surface area contributed by atoms with Gasteiger partial charge in [-0.25, -0.2) is 0 Å². The van der Waals surface area contributed by atoms with Crippen LogP contribution in [0.4, 0.5) is 0 Å². The largest absolute Gasteiger partial charge is 0.748 e. The van der Waals surface area contributed by atoms with Gasteiger partial charge in [0.15, 0.2) is 0 Å². The van der Waals surface area contributed by atoms with E-state index >= 15 is 0 Å². The van der Waals surface area contributed by atoms with Crippen molar-refractivity contribution in [3.63, 3.8) is 0 Å². The normalized spacial score (nSPS) is 12.6. The Morgan fingerprint density at radius 3 is 1.28 bits per heavy atom. The van der Waals surface area contributed by atoms with Crippen LogP contribution in [-0.4, -0.2) is 20.6 Å². The third kappa shape index (κ3) is 10.5. The SMILES string of the molecule is CC(C)(C)P(Cc1c(-c2ccccc2)c(-c2ccccc2)c[c-]1CP(C(C)(C)C)C(C)(C)C)C(C)(C)C.[Fe].[cH-]1[cH-][cH-][cH-][cH-]1. The molecule has 0 spiro atoms. The van der Waals surface area contributed by atoms with Crippen LogP contribution in [0.1, 0.15) is 94.2 Å². The van der Waals surface area contributed by atoms with Crippen molar-refractivity contribution in [1.82, 2.24) is 0 Å². The average molecular weight is 655 g/mol. The van der Waals surface area contributed by atoms with Crippen LogP contribution in [0.2, 0.25) is 0 Å². The summed E-state index contributed by atoms with van der Waals surface area (Å²) in [5.74, 6) is 0. The molecule has 0 saturated carbocycles. The maximum Gasteiger partial charge on any atom is 0 e. The van der Waals surface area contributed by atoms with Crippen LogP contribution >= 0.6 is 15.8 Å². The minimum Gasteiger partial charge on any atom is -0.748 e. The molecule has 43 heavy (non-hydrogen) atoms. The molecule has 0 amide bonds. The van der Waals surface area contributed by atoms with Crippen molar-refractivity contribution in [3.8, 4) is 22.3 Å². The molecule has 4 aromatic rings. The Bertz CT molecular complexity index is 1290. The molecule has 0 atom stereocenters. The summed E-state index contributed by atoms with van der Waals surface area (Å²) >= 11 is 0. The Labute approximate surface area is 278 Å². The van der Waals surface area contributed by atoms with Crippen molar-refractivity contribution in [3.05, 3.63) is 108 Å². The van der Waals surface area contributed by atoms with E-state index in [1.807, 2.05) is 30.3 Å². The van der Waals surface area contributed by atoms with E-state index in [2.05, 4.69) is 150 Å². The van der Waals surface area contributed by atoms with Gasteiger partial charge >= 0.3 is 0 Å². The molecular formula is C40H56FeP2-6. The van der Waals surface area contributed by atoms with Crippen LogP contribution in [0, 0.1) is 0 Å². The van der Waals surface area contributed by atoms with Gasteiger partial charge in [-0.1, -0.05) is 169 Å². The maximum absolute atomic E-state index is 2.58. The van der Waals surface area contributed by atoms with E-state index in [1.165, 1.54) is 34.6 Å². The summed E-state index contributed by atoms with van der Waals surface area (Å²) in [5, 5.41) is 1.14. The average Bonchev–Trinajstić information content (AvgIpc) is 3.56. The minimum absolute atomic E-state index is 0. The number of benzene rings is 2. The Kier molecular flexibility index (Phi) is 13.3. The van der Waals surface area contributed by atoms with Crippen LogP contribution in [0.25, 0.3) is 22.3 Å². The predicted octanol–water partition coefficient (Wildman–Crippen LogP) is 13.3. The zero-order valence-corrected chi connectivity index (χ0v) is 31.8. The fraction of sp³-hybridized carbons (Fsp3) is 0.450. The molecule has 0 radical (unpaired) electrons. The minimum atomic E-state index is -0.271. The first-order chi connectivity index (χ1) is 19.4. The van der Waals surface area contributed by atoms with Crippen LogP contribution in [0.5, 0.6) is 0 Å². The summed E-state index contributed by atoms with van der Waals surface area (Å²) in [6.45, 7) is 29.5. The zero-order valence-electron chi connectivity index (χ0n) is 28.9. The van der Waals surface area contributed by atoms with E-state index in [0.29, 0.717) is 10.3 Å². The van der Waals surface area contributed by atoms with Crippen LogP contribution in [0.3, 0.4) is 0 Å². The second-order valence-corrected chi connectivity index (χ2v) is 23.2. The molecule has 4 rings (SSSR count). The molecule has 0 aliphatic heterocycles. The smallest absolute Gasteiger partial charge is 0 e. The molecule has 0 aromatic heterocycles. The first-order valence-electron chi connectivity index (χ1n) is 15.5. The van der Waals surface area contributed by atoms with Gasteiger partial charge in [-0.3, -0.25) is 0 Å². The molecule has 0 nitrogen and oxygen atoms in total. The first kappa shape index (κ1) is 37.7. The summed E-state index contributed by atoms with van der Waals surface area (Å²) in [6, 6.07) is 34.9. The summed E-state index contributed by atoms with van der Waals surface area (Å²) in [5.41, 5.74) is 8.78. The van der Waals surface area contributed by atoms with E-state index in [1.54, 1.807) is 11.1 Å². The number of hydrogen-bond donors (Lipinski definition) is 0. The number of rotatable bonds is 6. The summed E-state index contributed by atoms with van der Waals surface area (Å²) < 4.78 is 0. The molecule has 4 aromatic carbocycles.